The van der Waals surface area contributed by atoms with Crippen LogP contribution in [0, 0.1) is 0 Å². The number of hydrogen-bond donors (Lipinski definition) is 1. The monoisotopic (exact) mass is 295 g/mol. The van der Waals surface area contributed by atoms with Crippen molar-refractivity contribution in [1.29, 1.82) is 0 Å². The number of para-hydroxylation sites is 3. The van der Waals surface area contributed by atoms with Gasteiger partial charge in [-0.2, -0.15) is 0 Å². The Balaban J connectivity index is 1.99. The average molecular weight is 296 g/mol. The third kappa shape index (κ3) is 1.92. The molecule has 0 aliphatic rings. The summed E-state index contributed by atoms with van der Waals surface area (Å²) in [6, 6.07) is 15.0. The lowest BCUT2D eigenvalue weighted by Crippen LogP contribution is -1.97. The lowest BCUT2D eigenvalue weighted by molar-refractivity contribution is 0.629. The molecule has 0 bridgehead atoms. The first-order valence-electron chi connectivity index (χ1n) is 6.43. The van der Waals surface area contributed by atoms with Crippen LogP contribution in [-0.4, -0.2) is 9.97 Å². The van der Waals surface area contributed by atoms with E-state index >= 15 is 0 Å². The van der Waals surface area contributed by atoms with E-state index in [2.05, 4.69) is 9.97 Å². The Bertz CT molecular complexity index is 978. The smallest absolute Gasteiger partial charge is 0.157 e. The number of anilines is 1. The van der Waals surface area contributed by atoms with Crippen LogP contribution in [0.15, 0.2) is 52.9 Å². The van der Waals surface area contributed by atoms with E-state index in [0.717, 1.165) is 16.4 Å². The van der Waals surface area contributed by atoms with E-state index in [0.29, 0.717) is 27.9 Å². The summed E-state index contributed by atoms with van der Waals surface area (Å²) in [7, 11) is 0. The molecule has 2 aromatic carbocycles. The van der Waals surface area contributed by atoms with E-state index < -0.39 is 0 Å². The van der Waals surface area contributed by atoms with Crippen molar-refractivity contribution in [2.24, 2.45) is 0 Å². The molecule has 0 unspecified atom stereocenters. The molecule has 0 aliphatic carbocycles. The van der Waals surface area contributed by atoms with Crippen LogP contribution in [-0.2, 0) is 0 Å². The lowest BCUT2D eigenvalue weighted by atomic mass is 10.2. The summed E-state index contributed by atoms with van der Waals surface area (Å²) in [5.74, 6) is 0.901. The van der Waals surface area contributed by atoms with Crippen molar-refractivity contribution in [2.75, 3.05) is 5.73 Å². The predicted octanol–water partition coefficient (Wildman–Crippen LogP) is 4.28. The number of nitrogens with two attached hydrogens (primary N) is 1. The lowest BCUT2D eigenvalue weighted by Gasteiger charge is -2.03. The summed E-state index contributed by atoms with van der Waals surface area (Å²) in [5.41, 5.74) is 8.70. The first-order chi connectivity index (χ1) is 10.2. The van der Waals surface area contributed by atoms with Gasteiger partial charge in [0, 0.05) is 5.39 Å². The highest BCUT2D eigenvalue weighted by molar-refractivity contribution is 6.34. The number of fused-ring (bicyclic) bond motifs is 2. The van der Waals surface area contributed by atoms with Crippen LogP contribution in [0.5, 0.6) is 0 Å². The molecule has 0 saturated heterocycles. The molecule has 4 nitrogen and oxygen atoms in total. The van der Waals surface area contributed by atoms with Gasteiger partial charge in [0.2, 0.25) is 0 Å². The highest BCUT2D eigenvalue weighted by Crippen LogP contribution is 2.33. The van der Waals surface area contributed by atoms with E-state index in [-0.39, 0.29) is 0 Å². The van der Waals surface area contributed by atoms with Gasteiger partial charge in [-0.05, 0) is 24.3 Å². The van der Waals surface area contributed by atoms with E-state index in [1.54, 1.807) is 6.07 Å². The molecule has 0 amide bonds. The van der Waals surface area contributed by atoms with Crippen LogP contribution in [0.1, 0.15) is 0 Å². The number of nitrogen functional groups attached to an aromatic ring is 1. The zero-order valence-corrected chi connectivity index (χ0v) is 11.6. The maximum Gasteiger partial charge on any atom is 0.157 e. The Hall–Kier alpha value is -2.59. The van der Waals surface area contributed by atoms with Gasteiger partial charge in [-0.3, -0.25) is 0 Å². The molecule has 2 aromatic heterocycles. The second-order valence-corrected chi connectivity index (χ2v) is 5.12. The normalized spacial score (nSPS) is 11.3. The van der Waals surface area contributed by atoms with Crippen LogP contribution < -0.4 is 5.73 Å². The zero-order chi connectivity index (χ0) is 14.4. The fourth-order valence-corrected chi connectivity index (χ4v) is 2.56. The zero-order valence-electron chi connectivity index (χ0n) is 10.9. The molecule has 2 heterocycles. The van der Waals surface area contributed by atoms with Gasteiger partial charge >= 0.3 is 0 Å². The number of hydrogen-bond acceptors (Lipinski definition) is 4. The van der Waals surface area contributed by atoms with Crippen molar-refractivity contribution in [1.82, 2.24) is 9.97 Å². The topological polar surface area (TPSA) is 64.9 Å². The Kier molecular flexibility index (Phi) is 2.59. The Morgan fingerprint density at radius 1 is 0.952 bits per heavy atom. The fraction of sp³-hybridized carbons (Fsp3) is 0. The minimum Gasteiger partial charge on any atom is -0.453 e. The van der Waals surface area contributed by atoms with Crippen molar-refractivity contribution < 1.29 is 4.42 Å². The molecule has 0 aliphatic heterocycles. The minimum atomic E-state index is 0.337. The quantitative estimate of drug-likeness (QED) is 0.569. The number of halogens is 1. The van der Waals surface area contributed by atoms with E-state index in [1.807, 2.05) is 42.5 Å². The first-order valence-corrected chi connectivity index (χ1v) is 6.81. The summed E-state index contributed by atoms with van der Waals surface area (Å²) < 4.78 is 5.80. The van der Waals surface area contributed by atoms with Crippen LogP contribution in [0.25, 0.3) is 33.5 Å². The van der Waals surface area contributed by atoms with Crippen LogP contribution in [0.2, 0.25) is 5.02 Å². The number of benzene rings is 2. The maximum atomic E-state index is 6.13. The second kappa shape index (κ2) is 4.46. The first kappa shape index (κ1) is 12.2. The van der Waals surface area contributed by atoms with Gasteiger partial charge in [0.15, 0.2) is 17.2 Å². The standard InChI is InChI=1S/C16H10ClN3O/c17-10-5-3-4-9-8-13(21-15(9)10)14-16(18)20-12-7-2-1-6-11(12)19-14/h1-8H,(H2,18,20). The van der Waals surface area contributed by atoms with E-state index in [4.69, 9.17) is 21.8 Å². The number of nitrogens with zero attached hydrogens (tertiary/aromatic N) is 2. The van der Waals surface area contributed by atoms with Crippen molar-refractivity contribution in [3.8, 4) is 11.5 Å². The van der Waals surface area contributed by atoms with Gasteiger partial charge < -0.3 is 10.2 Å². The van der Waals surface area contributed by atoms with Crippen LogP contribution in [0.3, 0.4) is 0 Å². The molecule has 0 fully saturated rings. The number of rotatable bonds is 1. The van der Waals surface area contributed by atoms with Crippen LogP contribution >= 0.6 is 11.6 Å². The number of furan rings is 1. The molecular weight excluding hydrogens is 286 g/mol. The SMILES string of the molecule is Nc1nc2ccccc2nc1-c1cc2cccc(Cl)c2o1. The Morgan fingerprint density at radius 3 is 2.48 bits per heavy atom. The molecule has 0 radical (unpaired) electrons. The molecular formula is C16H10ClN3O. The molecule has 4 aromatic rings. The highest BCUT2D eigenvalue weighted by atomic mass is 35.5. The summed E-state index contributed by atoms with van der Waals surface area (Å²) in [6.07, 6.45) is 0. The van der Waals surface area contributed by atoms with Crippen molar-refractivity contribution >= 4 is 39.4 Å². The summed E-state index contributed by atoms with van der Waals surface area (Å²) in [4.78, 5) is 8.91. The van der Waals surface area contributed by atoms with Gasteiger partial charge in [-0.1, -0.05) is 35.9 Å². The molecule has 21 heavy (non-hydrogen) atoms. The van der Waals surface area contributed by atoms with Crippen molar-refractivity contribution in [3.05, 3.63) is 53.6 Å². The van der Waals surface area contributed by atoms with Crippen molar-refractivity contribution in [2.45, 2.75) is 0 Å². The third-order valence-electron chi connectivity index (χ3n) is 3.33. The third-order valence-corrected chi connectivity index (χ3v) is 3.62. The molecule has 4 rings (SSSR count). The van der Waals surface area contributed by atoms with E-state index in [9.17, 15) is 0 Å². The predicted molar refractivity (Wildman–Crippen MR) is 84.2 cm³/mol. The minimum absolute atomic E-state index is 0.337. The highest BCUT2D eigenvalue weighted by Gasteiger charge is 2.14. The fourth-order valence-electron chi connectivity index (χ4n) is 2.34. The van der Waals surface area contributed by atoms with Crippen molar-refractivity contribution in [3.63, 3.8) is 0 Å². The largest absolute Gasteiger partial charge is 0.453 e. The van der Waals surface area contributed by atoms with E-state index in [1.165, 1.54) is 0 Å². The Morgan fingerprint density at radius 2 is 1.71 bits per heavy atom. The average Bonchev–Trinajstić information content (AvgIpc) is 2.92. The van der Waals surface area contributed by atoms with Gasteiger partial charge in [0.25, 0.3) is 0 Å². The van der Waals surface area contributed by atoms with Crippen LogP contribution in [0.4, 0.5) is 5.82 Å². The summed E-state index contributed by atoms with van der Waals surface area (Å²) in [5, 5.41) is 1.47. The summed E-state index contributed by atoms with van der Waals surface area (Å²) in [6.45, 7) is 0. The molecule has 2 N–H and O–H groups in total. The second-order valence-electron chi connectivity index (χ2n) is 4.72. The van der Waals surface area contributed by atoms with Gasteiger partial charge in [-0.25, -0.2) is 9.97 Å². The molecule has 5 heteroatoms. The molecule has 0 atom stereocenters. The maximum absolute atomic E-state index is 6.13. The molecule has 102 valence electrons. The number of aromatic nitrogens is 2. The molecule has 0 saturated carbocycles. The van der Waals surface area contributed by atoms with Gasteiger partial charge in [0.1, 0.15) is 5.69 Å². The Labute approximate surface area is 125 Å². The molecule has 0 spiro atoms. The summed E-state index contributed by atoms with van der Waals surface area (Å²) >= 11 is 6.13. The van der Waals surface area contributed by atoms with Gasteiger partial charge in [-0.15, -0.1) is 0 Å². The van der Waals surface area contributed by atoms with Gasteiger partial charge in [0.05, 0.1) is 16.1 Å².